The number of aliphatic hydroxyl groups is 1. The highest BCUT2D eigenvalue weighted by atomic mass is 32.2. The average molecular weight is 377 g/mol. The van der Waals surface area contributed by atoms with E-state index in [-0.39, 0.29) is 6.04 Å². The first kappa shape index (κ1) is 19.2. The molecule has 3 nitrogen and oxygen atoms in total. The first-order valence-electron chi connectivity index (χ1n) is 8.97. The van der Waals surface area contributed by atoms with E-state index < -0.39 is 6.10 Å². The van der Waals surface area contributed by atoms with E-state index in [1.54, 1.807) is 18.7 Å². The maximum atomic E-state index is 10.3. The van der Waals surface area contributed by atoms with Crippen molar-refractivity contribution >= 4 is 23.1 Å². The number of thioether (sulfide) groups is 1. The molecule has 2 atom stereocenters. The molecule has 0 saturated carbocycles. The quantitative estimate of drug-likeness (QED) is 0.408. The predicted molar refractivity (Wildman–Crippen MR) is 115 cm³/mol. The fourth-order valence-corrected chi connectivity index (χ4v) is 3.33. The van der Waals surface area contributed by atoms with Crippen molar-refractivity contribution in [2.45, 2.75) is 24.0 Å². The zero-order valence-corrected chi connectivity index (χ0v) is 16.1. The van der Waals surface area contributed by atoms with Crippen LogP contribution in [0.1, 0.15) is 6.92 Å². The molecule has 0 aliphatic rings. The normalized spacial score (nSPS) is 13.4. The summed E-state index contributed by atoms with van der Waals surface area (Å²) in [5.41, 5.74) is 5.48. The Labute approximate surface area is 165 Å². The number of para-hydroxylation sites is 2. The van der Waals surface area contributed by atoms with Crippen molar-refractivity contribution in [2.24, 2.45) is 0 Å². The molecular formula is C23H24N2OS. The standard InChI is InChI=1S/C23H24N2OS/c1-19(26)23(17-18-27-22-15-9-4-10-16-22)24-25(20-11-5-2-6-12-20)21-13-7-3-8-14-21/h2-19,23-24,26H,1H3/b18-17+/t19-,23+/m0/s1. The topological polar surface area (TPSA) is 35.5 Å². The number of rotatable bonds is 8. The third kappa shape index (κ3) is 5.73. The van der Waals surface area contributed by atoms with Crippen LogP contribution in [0.15, 0.2) is 107 Å². The summed E-state index contributed by atoms with van der Waals surface area (Å²) >= 11 is 1.63. The van der Waals surface area contributed by atoms with Crippen LogP contribution in [-0.4, -0.2) is 17.3 Å². The minimum Gasteiger partial charge on any atom is -0.391 e. The molecule has 2 N–H and O–H groups in total. The van der Waals surface area contributed by atoms with Crippen molar-refractivity contribution in [2.75, 3.05) is 5.01 Å². The minimum atomic E-state index is -0.549. The van der Waals surface area contributed by atoms with Crippen LogP contribution >= 0.6 is 11.8 Å². The number of nitrogens with zero attached hydrogens (tertiary/aromatic N) is 1. The number of hydrazine groups is 1. The third-order valence-corrected chi connectivity index (χ3v) is 4.90. The lowest BCUT2D eigenvalue weighted by Crippen LogP contribution is -2.46. The predicted octanol–water partition coefficient (Wildman–Crippen LogP) is 5.38. The summed E-state index contributed by atoms with van der Waals surface area (Å²) in [5.74, 6) is 0. The summed E-state index contributed by atoms with van der Waals surface area (Å²) in [6.45, 7) is 1.79. The van der Waals surface area contributed by atoms with Crippen molar-refractivity contribution in [1.82, 2.24) is 5.43 Å². The monoisotopic (exact) mass is 376 g/mol. The van der Waals surface area contributed by atoms with E-state index in [0.717, 1.165) is 11.4 Å². The van der Waals surface area contributed by atoms with Crippen LogP contribution in [-0.2, 0) is 0 Å². The number of anilines is 2. The summed E-state index contributed by atoms with van der Waals surface area (Å²) in [5, 5.41) is 14.3. The average Bonchev–Trinajstić information content (AvgIpc) is 2.72. The maximum Gasteiger partial charge on any atom is 0.0718 e. The zero-order chi connectivity index (χ0) is 18.9. The smallest absolute Gasteiger partial charge is 0.0718 e. The van der Waals surface area contributed by atoms with Gasteiger partial charge in [-0.05, 0) is 48.7 Å². The Morgan fingerprint density at radius 2 is 1.30 bits per heavy atom. The molecule has 4 heteroatoms. The third-order valence-electron chi connectivity index (χ3n) is 4.06. The molecule has 0 aromatic heterocycles. The van der Waals surface area contributed by atoms with E-state index in [1.165, 1.54) is 4.90 Å². The second-order valence-corrected chi connectivity index (χ2v) is 7.14. The van der Waals surface area contributed by atoms with E-state index in [4.69, 9.17) is 0 Å². The van der Waals surface area contributed by atoms with Crippen LogP contribution < -0.4 is 10.4 Å². The number of nitrogens with one attached hydrogen (secondary N) is 1. The van der Waals surface area contributed by atoms with Crippen molar-refractivity contribution in [3.8, 4) is 0 Å². The van der Waals surface area contributed by atoms with Gasteiger partial charge in [0.2, 0.25) is 0 Å². The Hall–Kier alpha value is -2.53. The van der Waals surface area contributed by atoms with Crippen molar-refractivity contribution in [3.63, 3.8) is 0 Å². The highest BCUT2D eigenvalue weighted by Gasteiger charge is 2.17. The van der Waals surface area contributed by atoms with Crippen LogP contribution in [0.2, 0.25) is 0 Å². The lowest BCUT2D eigenvalue weighted by atomic mass is 10.2. The van der Waals surface area contributed by atoms with Gasteiger partial charge < -0.3 is 5.11 Å². The lowest BCUT2D eigenvalue weighted by molar-refractivity contribution is 0.164. The summed E-state index contributed by atoms with van der Waals surface area (Å²) < 4.78 is 0. The van der Waals surface area contributed by atoms with Gasteiger partial charge in [-0.15, -0.1) is 0 Å². The van der Waals surface area contributed by atoms with E-state index in [1.807, 2.05) is 95.4 Å². The van der Waals surface area contributed by atoms with Crippen LogP contribution in [0, 0.1) is 0 Å². The van der Waals surface area contributed by atoms with Gasteiger partial charge >= 0.3 is 0 Å². The van der Waals surface area contributed by atoms with Gasteiger partial charge in [-0.25, -0.2) is 5.43 Å². The molecule has 0 bridgehead atoms. The molecule has 0 heterocycles. The van der Waals surface area contributed by atoms with Crippen LogP contribution in [0.25, 0.3) is 0 Å². The van der Waals surface area contributed by atoms with Gasteiger partial charge in [-0.2, -0.15) is 0 Å². The molecule has 0 aliphatic carbocycles. The van der Waals surface area contributed by atoms with Gasteiger partial charge in [0.25, 0.3) is 0 Å². The Morgan fingerprint density at radius 3 is 1.78 bits per heavy atom. The molecule has 0 amide bonds. The number of hydrogen-bond donors (Lipinski definition) is 2. The van der Waals surface area contributed by atoms with Gasteiger partial charge in [0.15, 0.2) is 0 Å². The maximum absolute atomic E-state index is 10.3. The molecule has 0 unspecified atom stereocenters. The van der Waals surface area contributed by atoms with Gasteiger partial charge in [-0.1, -0.05) is 72.4 Å². The second-order valence-electron chi connectivity index (χ2n) is 6.16. The Kier molecular flexibility index (Phi) is 7.11. The molecule has 0 saturated heterocycles. The van der Waals surface area contributed by atoms with E-state index in [0.29, 0.717) is 0 Å². The van der Waals surface area contributed by atoms with Gasteiger partial charge in [0, 0.05) is 4.90 Å². The molecule has 0 fully saturated rings. The lowest BCUT2D eigenvalue weighted by Gasteiger charge is -2.31. The highest BCUT2D eigenvalue weighted by molar-refractivity contribution is 8.02. The number of aliphatic hydroxyl groups excluding tert-OH is 1. The van der Waals surface area contributed by atoms with E-state index in [9.17, 15) is 5.11 Å². The summed E-state index contributed by atoms with van der Waals surface area (Å²) in [6, 6.07) is 30.1. The molecule has 0 spiro atoms. The molecule has 3 aromatic carbocycles. The Bertz CT molecular complexity index is 783. The summed E-state index contributed by atoms with van der Waals surface area (Å²) in [7, 11) is 0. The first-order valence-corrected chi connectivity index (χ1v) is 9.85. The molecular weight excluding hydrogens is 352 g/mol. The second kappa shape index (κ2) is 9.97. The molecule has 3 aromatic rings. The fourth-order valence-electron chi connectivity index (χ4n) is 2.61. The SMILES string of the molecule is C[C@H](O)[C@@H](/C=C/Sc1ccccc1)NN(c1ccccc1)c1ccccc1. The van der Waals surface area contributed by atoms with Gasteiger partial charge in [0.1, 0.15) is 0 Å². The Morgan fingerprint density at radius 1 is 0.815 bits per heavy atom. The molecule has 138 valence electrons. The van der Waals surface area contributed by atoms with Crippen LogP contribution in [0.3, 0.4) is 0 Å². The summed E-state index contributed by atoms with van der Waals surface area (Å²) in [6.07, 6.45) is 1.45. The molecule has 0 radical (unpaired) electrons. The Balaban J connectivity index is 1.79. The van der Waals surface area contributed by atoms with Gasteiger partial charge in [-0.3, -0.25) is 5.01 Å². The first-order chi connectivity index (χ1) is 13.2. The largest absolute Gasteiger partial charge is 0.391 e. The number of benzene rings is 3. The van der Waals surface area contributed by atoms with Crippen molar-refractivity contribution in [3.05, 3.63) is 102 Å². The molecule has 0 aliphatic heterocycles. The van der Waals surface area contributed by atoms with Crippen molar-refractivity contribution in [1.29, 1.82) is 0 Å². The van der Waals surface area contributed by atoms with Gasteiger partial charge in [0.05, 0.1) is 23.5 Å². The van der Waals surface area contributed by atoms with E-state index in [2.05, 4.69) is 17.6 Å². The van der Waals surface area contributed by atoms with Crippen LogP contribution in [0.4, 0.5) is 11.4 Å². The van der Waals surface area contributed by atoms with Crippen LogP contribution in [0.5, 0.6) is 0 Å². The number of hydrogen-bond acceptors (Lipinski definition) is 4. The van der Waals surface area contributed by atoms with Crippen molar-refractivity contribution < 1.29 is 5.11 Å². The highest BCUT2D eigenvalue weighted by Crippen LogP contribution is 2.24. The summed E-state index contributed by atoms with van der Waals surface area (Å²) in [4.78, 5) is 1.17. The zero-order valence-electron chi connectivity index (χ0n) is 15.3. The molecule has 27 heavy (non-hydrogen) atoms. The fraction of sp³-hybridized carbons (Fsp3) is 0.130. The van der Waals surface area contributed by atoms with E-state index >= 15 is 0 Å². The minimum absolute atomic E-state index is 0.235. The molecule has 3 rings (SSSR count).